The van der Waals surface area contributed by atoms with Gasteiger partial charge in [0.15, 0.2) is 0 Å². The van der Waals surface area contributed by atoms with E-state index in [1.165, 1.54) is 19.3 Å². The predicted octanol–water partition coefficient (Wildman–Crippen LogP) is 2.83. The van der Waals surface area contributed by atoms with Gasteiger partial charge in [-0.25, -0.2) is 0 Å². The summed E-state index contributed by atoms with van der Waals surface area (Å²) in [7, 11) is 0. The highest BCUT2D eigenvalue weighted by Crippen LogP contribution is 2.22. The van der Waals surface area contributed by atoms with Crippen LogP contribution >= 0.6 is 11.6 Å². The minimum atomic E-state index is 0.638. The van der Waals surface area contributed by atoms with Crippen molar-refractivity contribution in [2.45, 2.75) is 59.2 Å². The molecule has 1 fully saturated rings. The Labute approximate surface area is 127 Å². The number of aryl methyl sites for hydroxylation is 2. The zero-order chi connectivity index (χ0) is 14.5. The number of hydrogen-bond donors (Lipinski definition) is 1. The third kappa shape index (κ3) is 3.74. The molecule has 0 radical (unpaired) electrons. The SMILES string of the molecule is CCCN(Cc1c(Cl)c(C)nn1CC)CC1CCCN1. The van der Waals surface area contributed by atoms with E-state index in [1.54, 1.807) is 0 Å². The summed E-state index contributed by atoms with van der Waals surface area (Å²) >= 11 is 6.43. The lowest BCUT2D eigenvalue weighted by molar-refractivity contribution is 0.235. The Morgan fingerprint density at radius 1 is 1.45 bits per heavy atom. The monoisotopic (exact) mass is 298 g/mol. The molecule has 1 aromatic rings. The first-order valence-corrected chi connectivity index (χ1v) is 8.21. The Morgan fingerprint density at radius 2 is 2.25 bits per heavy atom. The van der Waals surface area contributed by atoms with Gasteiger partial charge in [0.25, 0.3) is 0 Å². The van der Waals surface area contributed by atoms with Crippen molar-refractivity contribution in [3.05, 3.63) is 16.4 Å². The summed E-state index contributed by atoms with van der Waals surface area (Å²) in [5.41, 5.74) is 2.11. The molecule has 2 heterocycles. The Bertz CT molecular complexity index is 424. The molecule has 0 bridgehead atoms. The fourth-order valence-corrected chi connectivity index (χ4v) is 3.20. The molecular weight excluding hydrogens is 272 g/mol. The molecule has 1 N–H and O–H groups in total. The molecule has 1 unspecified atom stereocenters. The Kier molecular flexibility index (Phi) is 5.87. The zero-order valence-corrected chi connectivity index (χ0v) is 13.7. The second-order valence-electron chi connectivity index (χ2n) is 5.69. The van der Waals surface area contributed by atoms with Gasteiger partial charge in [-0.1, -0.05) is 18.5 Å². The summed E-state index contributed by atoms with van der Waals surface area (Å²) < 4.78 is 2.04. The molecular formula is C15H27ClN4. The highest BCUT2D eigenvalue weighted by Gasteiger charge is 2.20. The van der Waals surface area contributed by atoms with Crippen molar-refractivity contribution in [1.29, 1.82) is 0 Å². The number of rotatable bonds is 7. The van der Waals surface area contributed by atoms with Crippen LogP contribution in [0.25, 0.3) is 0 Å². The molecule has 1 aromatic heterocycles. The summed E-state index contributed by atoms with van der Waals surface area (Å²) in [6.45, 7) is 11.5. The van der Waals surface area contributed by atoms with E-state index in [9.17, 15) is 0 Å². The molecule has 1 saturated heterocycles. The summed E-state index contributed by atoms with van der Waals surface area (Å²) in [5.74, 6) is 0. The molecule has 114 valence electrons. The van der Waals surface area contributed by atoms with Crippen LogP contribution in [0.15, 0.2) is 0 Å². The average Bonchev–Trinajstić information content (AvgIpc) is 3.02. The van der Waals surface area contributed by atoms with Gasteiger partial charge in [0.1, 0.15) is 0 Å². The standard InChI is InChI=1S/C15H27ClN4/c1-4-9-19(10-13-7-6-8-17-13)11-14-15(16)12(3)18-20(14)5-2/h13,17H,4-11H2,1-3H3. The number of hydrogen-bond acceptors (Lipinski definition) is 3. The number of nitrogens with zero attached hydrogens (tertiary/aromatic N) is 3. The van der Waals surface area contributed by atoms with Gasteiger partial charge in [-0.15, -0.1) is 0 Å². The number of halogens is 1. The number of nitrogens with one attached hydrogen (secondary N) is 1. The first-order chi connectivity index (χ1) is 9.65. The van der Waals surface area contributed by atoms with E-state index in [1.807, 2.05) is 11.6 Å². The van der Waals surface area contributed by atoms with Crippen molar-refractivity contribution in [3.8, 4) is 0 Å². The normalized spacial score (nSPS) is 19.1. The lowest BCUT2D eigenvalue weighted by atomic mass is 10.2. The molecule has 0 aliphatic carbocycles. The molecule has 1 atom stereocenters. The van der Waals surface area contributed by atoms with Crippen molar-refractivity contribution in [2.75, 3.05) is 19.6 Å². The molecule has 1 aliphatic rings. The summed E-state index contributed by atoms with van der Waals surface area (Å²) in [6, 6.07) is 0.638. The van der Waals surface area contributed by atoms with Crippen LogP contribution in [0, 0.1) is 6.92 Å². The van der Waals surface area contributed by atoms with Gasteiger partial charge in [0, 0.05) is 25.7 Å². The summed E-state index contributed by atoms with van der Waals surface area (Å²) in [5, 5.41) is 8.94. The van der Waals surface area contributed by atoms with Gasteiger partial charge in [-0.3, -0.25) is 9.58 Å². The van der Waals surface area contributed by atoms with Crippen LogP contribution in [0.1, 0.15) is 44.5 Å². The maximum atomic E-state index is 6.43. The first kappa shape index (κ1) is 15.8. The molecule has 2 rings (SSSR count). The van der Waals surface area contributed by atoms with E-state index in [4.69, 9.17) is 11.6 Å². The maximum absolute atomic E-state index is 6.43. The van der Waals surface area contributed by atoms with Crippen LogP contribution in [0.4, 0.5) is 0 Å². The van der Waals surface area contributed by atoms with Crippen molar-refractivity contribution in [3.63, 3.8) is 0 Å². The molecule has 0 spiro atoms. The van der Waals surface area contributed by atoms with Crippen molar-refractivity contribution < 1.29 is 0 Å². The van der Waals surface area contributed by atoms with E-state index < -0.39 is 0 Å². The molecule has 5 heteroatoms. The van der Waals surface area contributed by atoms with E-state index in [0.717, 1.165) is 49.1 Å². The molecule has 0 saturated carbocycles. The van der Waals surface area contributed by atoms with Crippen LogP contribution < -0.4 is 5.32 Å². The molecule has 4 nitrogen and oxygen atoms in total. The van der Waals surface area contributed by atoms with Gasteiger partial charge in [-0.2, -0.15) is 5.10 Å². The quantitative estimate of drug-likeness (QED) is 0.840. The fraction of sp³-hybridized carbons (Fsp3) is 0.800. The van der Waals surface area contributed by atoms with Gasteiger partial charge < -0.3 is 5.32 Å². The molecule has 0 amide bonds. The third-order valence-electron chi connectivity index (χ3n) is 4.01. The fourth-order valence-electron chi connectivity index (χ4n) is 3.01. The second kappa shape index (κ2) is 7.43. The lowest BCUT2D eigenvalue weighted by Gasteiger charge is -2.25. The smallest absolute Gasteiger partial charge is 0.0860 e. The largest absolute Gasteiger partial charge is 0.313 e. The summed E-state index contributed by atoms with van der Waals surface area (Å²) in [6.07, 6.45) is 3.76. The zero-order valence-electron chi connectivity index (χ0n) is 13.0. The Hall–Kier alpha value is -0.580. The molecule has 1 aliphatic heterocycles. The van der Waals surface area contributed by atoms with Crippen LogP contribution in [-0.4, -0.2) is 40.4 Å². The first-order valence-electron chi connectivity index (χ1n) is 7.83. The number of aromatic nitrogens is 2. The van der Waals surface area contributed by atoms with Crippen molar-refractivity contribution >= 4 is 11.6 Å². The van der Waals surface area contributed by atoms with Crippen molar-refractivity contribution in [2.24, 2.45) is 0 Å². The lowest BCUT2D eigenvalue weighted by Crippen LogP contribution is -2.38. The summed E-state index contributed by atoms with van der Waals surface area (Å²) in [4.78, 5) is 2.51. The van der Waals surface area contributed by atoms with Gasteiger partial charge in [0.2, 0.25) is 0 Å². The van der Waals surface area contributed by atoms with Gasteiger partial charge in [0.05, 0.1) is 16.4 Å². The van der Waals surface area contributed by atoms with Gasteiger partial charge in [-0.05, 0) is 46.2 Å². The van der Waals surface area contributed by atoms with E-state index in [0.29, 0.717) is 6.04 Å². The highest BCUT2D eigenvalue weighted by molar-refractivity contribution is 6.31. The van der Waals surface area contributed by atoms with Crippen molar-refractivity contribution in [1.82, 2.24) is 20.0 Å². The minimum absolute atomic E-state index is 0.638. The van der Waals surface area contributed by atoms with Crippen LogP contribution in [0.3, 0.4) is 0 Å². The van der Waals surface area contributed by atoms with E-state index in [2.05, 4.69) is 29.2 Å². The van der Waals surface area contributed by atoms with Crippen LogP contribution in [0.2, 0.25) is 5.02 Å². The third-order valence-corrected chi connectivity index (χ3v) is 4.50. The topological polar surface area (TPSA) is 33.1 Å². The Balaban J connectivity index is 2.06. The average molecular weight is 299 g/mol. The van der Waals surface area contributed by atoms with E-state index >= 15 is 0 Å². The minimum Gasteiger partial charge on any atom is -0.313 e. The maximum Gasteiger partial charge on any atom is 0.0860 e. The predicted molar refractivity (Wildman–Crippen MR) is 84.2 cm³/mol. The van der Waals surface area contributed by atoms with Crippen LogP contribution in [-0.2, 0) is 13.1 Å². The molecule has 20 heavy (non-hydrogen) atoms. The highest BCUT2D eigenvalue weighted by atomic mass is 35.5. The second-order valence-corrected chi connectivity index (χ2v) is 6.07. The molecule has 0 aromatic carbocycles. The van der Waals surface area contributed by atoms with E-state index in [-0.39, 0.29) is 0 Å². The van der Waals surface area contributed by atoms with Gasteiger partial charge >= 0.3 is 0 Å². The van der Waals surface area contributed by atoms with Crippen LogP contribution in [0.5, 0.6) is 0 Å². The Morgan fingerprint density at radius 3 is 2.85 bits per heavy atom.